The van der Waals surface area contributed by atoms with Crippen LogP contribution in [0.4, 0.5) is 51.7 Å². The number of aromatic nitrogens is 3. The molecule has 384 valence electrons. The van der Waals surface area contributed by atoms with Crippen molar-refractivity contribution in [2.75, 3.05) is 29.6 Å². The topological polar surface area (TPSA) is 438 Å². The summed E-state index contributed by atoms with van der Waals surface area (Å²) in [5.41, 5.74) is -0.172. The Morgan fingerprint density at radius 2 is 1.40 bits per heavy atom. The van der Waals surface area contributed by atoms with Gasteiger partial charge in [-0.15, -0.1) is 10.2 Å². The molecule has 0 bridgehead atoms. The summed E-state index contributed by atoms with van der Waals surface area (Å²) in [4.78, 5) is 20.4. The molecule has 73 heavy (non-hydrogen) atoms. The summed E-state index contributed by atoms with van der Waals surface area (Å²) in [7, 11) is -21.8. The van der Waals surface area contributed by atoms with Gasteiger partial charge < -0.3 is 33.8 Å². The number of nitrogens with one attached hydrogen (secondary N) is 1. The molecule has 7 rings (SSSR count). The molecule has 6 aromatic carbocycles. The van der Waals surface area contributed by atoms with Crippen LogP contribution < -0.4 is 16.1 Å². The Hall–Kier alpha value is -6.96. The van der Waals surface area contributed by atoms with Crippen molar-refractivity contribution in [2.45, 2.75) is 19.6 Å². The fraction of sp³-hybridized carbons (Fsp3) is 0.0769. The van der Waals surface area contributed by atoms with Crippen molar-refractivity contribution in [3.8, 4) is 5.75 Å². The number of azo groups is 2. The molecule has 0 fully saturated rings. The van der Waals surface area contributed by atoms with Crippen LogP contribution in [0.2, 0.25) is 5.28 Å². The Morgan fingerprint density at radius 3 is 2.05 bits per heavy atom. The second-order valence-corrected chi connectivity index (χ2v) is 22.5. The van der Waals surface area contributed by atoms with Crippen molar-refractivity contribution >= 4 is 143 Å². The van der Waals surface area contributed by atoms with E-state index in [0.717, 1.165) is 42.8 Å². The summed E-state index contributed by atoms with van der Waals surface area (Å²) < 4.78 is 159. The second-order valence-electron chi connectivity index (χ2n) is 14.7. The summed E-state index contributed by atoms with van der Waals surface area (Å²) in [5.74, 6) is 3.55. The minimum atomic E-state index is -4.95. The number of phenolic OH excluding ortho intramolecular Hbond substituents is 1. The van der Waals surface area contributed by atoms with Gasteiger partial charge in [0.25, 0.3) is 20.2 Å². The van der Waals surface area contributed by atoms with Gasteiger partial charge in [0, 0.05) is 34.6 Å². The summed E-state index contributed by atoms with van der Waals surface area (Å²) >= 11 is 6.32. The van der Waals surface area contributed by atoms with E-state index in [1.165, 1.54) is 72.6 Å². The highest BCUT2D eigenvalue weighted by molar-refractivity contribution is 8.19. The van der Waals surface area contributed by atoms with E-state index in [1.54, 1.807) is 0 Å². The van der Waals surface area contributed by atoms with Crippen LogP contribution in [0.1, 0.15) is 0 Å². The van der Waals surface area contributed by atoms with Gasteiger partial charge in [-0.05, 0) is 102 Å². The maximum Gasteiger partial charge on any atom is 0.397 e. The maximum absolute atomic E-state index is 12.6. The number of rotatable bonds is 18. The maximum atomic E-state index is 12.6. The van der Waals surface area contributed by atoms with Gasteiger partial charge in [0.2, 0.25) is 23.6 Å². The number of aromatic hydroxyl groups is 1. The molecule has 10 N–H and O–H groups in total. The molecule has 7 aromatic rings. The number of fused-ring (bicyclic) bond motifs is 2. The van der Waals surface area contributed by atoms with Gasteiger partial charge in [0.05, 0.1) is 39.2 Å². The van der Waals surface area contributed by atoms with Crippen LogP contribution in [-0.2, 0) is 49.5 Å². The summed E-state index contributed by atoms with van der Waals surface area (Å²) in [5, 5.41) is 29.6. The number of nitrogens with two attached hydrogens (primary N) is 1. The number of anilines is 4. The molecule has 0 amide bonds. The molecule has 0 aliphatic heterocycles. The Balaban J connectivity index is 1.15. The van der Waals surface area contributed by atoms with Crippen LogP contribution in [0.25, 0.3) is 21.5 Å². The van der Waals surface area contributed by atoms with Crippen molar-refractivity contribution < 1.29 is 75.1 Å². The molecule has 0 aliphatic rings. The minimum Gasteiger partial charge on any atom is -0.505 e. The van der Waals surface area contributed by atoms with E-state index in [9.17, 15) is 61.5 Å². The third kappa shape index (κ3) is 13.0. The van der Waals surface area contributed by atoms with E-state index in [4.69, 9.17) is 22.1 Å². The number of hydrogen-bond acceptors (Lipinski definition) is 25. The van der Waals surface area contributed by atoms with Gasteiger partial charge in [-0.3, -0.25) is 13.7 Å². The van der Waals surface area contributed by atoms with E-state index in [0.29, 0.717) is 5.69 Å². The highest BCUT2D eigenvalue weighted by Gasteiger charge is 2.27. The van der Waals surface area contributed by atoms with Crippen molar-refractivity contribution in [2.24, 2.45) is 31.3 Å². The van der Waals surface area contributed by atoms with Gasteiger partial charge in [-0.1, -0.05) is 12.1 Å². The first-order chi connectivity index (χ1) is 34.1. The van der Waals surface area contributed by atoms with Crippen molar-refractivity contribution in [1.82, 2.24) is 15.0 Å². The average molecular weight is 1120 g/mol. The number of sulfone groups is 1. The van der Waals surface area contributed by atoms with Crippen LogP contribution in [-0.4, -0.2) is 107 Å². The van der Waals surface area contributed by atoms with Crippen molar-refractivity contribution in [3.63, 3.8) is 0 Å². The standard InChI is InChI=1S/C39H34ClN11O17S5/c1-51(25-8-11-27-21(15-25)16-34(72(61,62)63)35(36(27)52)50-47-22-5-9-26(10-6-22)69(53,54)14-13-68-73(64,65)66)39-45-37(40)44-38(46-39)43-23-7-12-30(31(18-23)42-20-67-41)49-48-24-17-29-28(33(19-24)71(58,59)60)3-2-4-32(29)70(55,56)57/h2-12,15-20,52,61-63H,13-14,41H2,1H3,(H,55,56,57)(H,58,59,60)(H,64,65,66)(H,43,44,45,46). The van der Waals surface area contributed by atoms with Gasteiger partial charge in [0.15, 0.2) is 15.6 Å². The molecular formula is C39H34ClN11O17S5. The molecule has 1 aromatic heterocycles. The van der Waals surface area contributed by atoms with E-state index in [-0.39, 0.29) is 72.1 Å². The highest BCUT2D eigenvalue weighted by atomic mass is 35.5. The molecule has 0 spiro atoms. The normalized spacial score (nSPS) is 13.2. The zero-order valence-electron chi connectivity index (χ0n) is 36.5. The molecule has 34 heteroatoms. The van der Waals surface area contributed by atoms with E-state index in [1.807, 2.05) is 0 Å². The molecular weight excluding hydrogens is 1090 g/mol. The Kier molecular flexibility index (Phi) is 15.4. The lowest BCUT2D eigenvalue weighted by molar-refractivity contribution is 0.284. The lowest BCUT2D eigenvalue weighted by Crippen LogP contribution is -2.15. The molecule has 1 heterocycles. The fourth-order valence-electron chi connectivity index (χ4n) is 6.63. The zero-order chi connectivity index (χ0) is 53.3. The SMILES string of the molecule is CN(c1ccc2c(O)c(N=Nc3ccc(S(=O)(=O)CCOS(=O)(=O)O)cc3)c(S(O)(O)O)cc2c1)c1nc(Cl)nc(Nc2ccc(N=Nc3cc(S(=O)(=O)O)c4cccc(S(=O)(=O)O)c4c3)c(N=CON)c2)n1. The van der Waals surface area contributed by atoms with Crippen LogP contribution in [0.5, 0.6) is 5.75 Å². The Bertz CT molecular complexity index is 3890. The molecule has 0 aliphatic carbocycles. The number of nitrogens with zero attached hydrogens (tertiary/aromatic N) is 9. The predicted octanol–water partition coefficient (Wildman–Crippen LogP) is 8.10. The third-order valence-electron chi connectivity index (χ3n) is 9.87. The molecule has 0 unspecified atom stereocenters. The average Bonchev–Trinajstić information content (AvgIpc) is 3.30. The number of aliphatic imine (C=N–C) groups is 1. The Morgan fingerprint density at radius 1 is 0.699 bits per heavy atom. The number of benzene rings is 6. The van der Waals surface area contributed by atoms with Gasteiger partial charge >= 0.3 is 10.4 Å². The van der Waals surface area contributed by atoms with Crippen LogP contribution in [0, 0.1) is 0 Å². The van der Waals surface area contributed by atoms with Gasteiger partial charge in [0.1, 0.15) is 32.0 Å². The molecule has 28 nitrogen and oxygen atoms in total. The molecule has 0 atom stereocenters. The van der Waals surface area contributed by atoms with Crippen molar-refractivity contribution in [1.29, 1.82) is 0 Å². The summed E-state index contributed by atoms with van der Waals surface area (Å²) in [6.45, 7) is -0.856. The molecule has 0 saturated carbocycles. The lowest BCUT2D eigenvalue weighted by Gasteiger charge is -2.23. The number of phenols is 1. The summed E-state index contributed by atoms with van der Waals surface area (Å²) in [6, 6.07) is 19.8. The molecule has 0 radical (unpaired) electrons. The lowest BCUT2D eigenvalue weighted by atomic mass is 10.1. The third-order valence-corrected chi connectivity index (χ3v) is 14.9. The van der Waals surface area contributed by atoms with Crippen LogP contribution in [0.3, 0.4) is 0 Å². The summed E-state index contributed by atoms with van der Waals surface area (Å²) in [6.07, 6.45) is 0.844. The van der Waals surface area contributed by atoms with E-state index >= 15 is 0 Å². The van der Waals surface area contributed by atoms with Crippen LogP contribution in [0.15, 0.2) is 142 Å². The van der Waals surface area contributed by atoms with E-state index in [2.05, 4.69) is 54.7 Å². The predicted molar refractivity (Wildman–Crippen MR) is 263 cm³/mol. The van der Waals surface area contributed by atoms with Gasteiger partial charge in [-0.25, -0.2) is 17.6 Å². The van der Waals surface area contributed by atoms with Crippen molar-refractivity contribution in [3.05, 3.63) is 102 Å². The van der Waals surface area contributed by atoms with E-state index < -0.39 is 89.8 Å². The Labute approximate surface area is 419 Å². The fourth-order valence-corrected chi connectivity index (χ4v) is 10.4. The minimum absolute atomic E-state index is 0.00502. The quantitative estimate of drug-likeness (QED) is 0.0129. The number of hydrogen-bond donors (Lipinski definition) is 9. The zero-order valence-corrected chi connectivity index (χ0v) is 41.3. The first kappa shape index (κ1) is 53.8. The smallest absolute Gasteiger partial charge is 0.397 e. The first-order valence-corrected chi connectivity index (χ1v) is 27.4. The van der Waals surface area contributed by atoms with Gasteiger partial charge in [-0.2, -0.15) is 56.3 Å². The monoisotopic (exact) mass is 1120 g/mol. The molecule has 0 saturated heterocycles. The van der Waals surface area contributed by atoms with Crippen LogP contribution >= 0.6 is 22.5 Å². The number of halogens is 1. The second kappa shape index (κ2) is 20.9. The largest absolute Gasteiger partial charge is 0.505 e. The first-order valence-electron chi connectivity index (χ1n) is 19.7. The highest BCUT2D eigenvalue weighted by Crippen LogP contribution is 2.54.